The number of hydrogen-bond donors (Lipinski definition) is 1. The fraction of sp³-hybridized carbons (Fsp3) is 0.214. The van der Waals surface area contributed by atoms with Crippen LogP contribution in [0, 0.1) is 6.92 Å². The summed E-state index contributed by atoms with van der Waals surface area (Å²) in [6, 6.07) is 26.9. The normalized spacial score (nSPS) is 11.2. The first-order chi connectivity index (χ1) is 16.8. The number of halogens is 1. The highest BCUT2D eigenvalue weighted by atomic mass is 35.5. The van der Waals surface area contributed by atoms with E-state index in [-0.39, 0.29) is 0 Å². The molecule has 0 aliphatic heterocycles. The first kappa shape index (κ1) is 24.4. The van der Waals surface area contributed by atoms with Crippen LogP contribution in [0.25, 0.3) is 0 Å². The molecule has 0 bridgehead atoms. The molecule has 1 aromatic heterocycles. The summed E-state index contributed by atoms with van der Waals surface area (Å²) in [6.45, 7) is 6.50. The molecule has 6 nitrogen and oxygen atoms in total. The van der Waals surface area contributed by atoms with E-state index in [9.17, 15) is 4.79 Å². The topological polar surface area (TPSA) is 65.4 Å². The number of carbonyl (C=O) groups is 1. The minimum absolute atomic E-state index is 0.408. The van der Waals surface area contributed by atoms with E-state index >= 15 is 0 Å². The molecule has 0 fully saturated rings. The number of rotatable bonds is 8. The highest BCUT2D eigenvalue weighted by molar-refractivity contribution is 6.30. The van der Waals surface area contributed by atoms with Crippen molar-refractivity contribution in [2.75, 3.05) is 5.32 Å². The Kier molecular flexibility index (Phi) is 7.42. The third kappa shape index (κ3) is 6.43. The second-order valence-electron chi connectivity index (χ2n) is 8.75. The number of nitrogens with one attached hydrogen (secondary N) is 1. The van der Waals surface area contributed by atoms with Crippen LogP contribution >= 0.6 is 11.6 Å². The lowest BCUT2D eigenvalue weighted by molar-refractivity contribution is 0.0466. The van der Waals surface area contributed by atoms with Crippen LogP contribution in [0.2, 0.25) is 5.02 Å². The molecule has 0 saturated carbocycles. The van der Waals surface area contributed by atoms with Crippen LogP contribution in [0.5, 0.6) is 5.75 Å². The van der Waals surface area contributed by atoms with Gasteiger partial charge < -0.3 is 9.47 Å². The van der Waals surface area contributed by atoms with Gasteiger partial charge in [0.2, 0.25) is 0 Å². The smallest absolute Gasteiger partial charge is 0.413 e. The molecule has 35 heavy (non-hydrogen) atoms. The van der Waals surface area contributed by atoms with E-state index in [1.807, 2.05) is 93.6 Å². The Bertz CT molecular complexity index is 1290. The quantitative estimate of drug-likeness (QED) is 0.290. The molecule has 4 rings (SSSR count). The second kappa shape index (κ2) is 10.7. The van der Waals surface area contributed by atoms with Crippen LogP contribution in [0.1, 0.15) is 36.2 Å². The van der Waals surface area contributed by atoms with E-state index in [0.717, 1.165) is 28.1 Å². The summed E-state index contributed by atoms with van der Waals surface area (Å²) in [5.74, 6) is 1.14. The van der Waals surface area contributed by atoms with Crippen molar-refractivity contribution in [1.29, 1.82) is 0 Å². The van der Waals surface area contributed by atoms with Crippen LogP contribution in [0.3, 0.4) is 0 Å². The van der Waals surface area contributed by atoms with Gasteiger partial charge in [-0.25, -0.2) is 4.79 Å². The van der Waals surface area contributed by atoms with Crippen molar-refractivity contribution < 1.29 is 14.3 Å². The fourth-order valence-electron chi connectivity index (χ4n) is 3.70. The van der Waals surface area contributed by atoms with Crippen molar-refractivity contribution in [3.05, 3.63) is 112 Å². The number of carbonyl (C=O) groups excluding carboxylic acids is 1. The SMILES string of the molecule is Cc1cc(NC(=O)OC(C)(C)c2ccccc2)nn1Cc1cc(Cl)ccc1OCc1ccccc1. The molecule has 0 aliphatic rings. The van der Waals surface area contributed by atoms with Crippen LogP contribution in [0.4, 0.5) is 10.6 Å². The molecule has 3 aromatic carbocycles. The summed E-state index contributed by atoms with van der Waals surface area (Å²) in [6.07, 6.45) is -0.571. The predicted octanol–water partition coefficient (Wildman–Crippen LogP) is 6.96. The van der Waals surface area contributed by atoms with E-state index < -0.39 is 11.7 Å². The van der Waals surface area contributed by atoms with Gasteiger partial charge in [0.05, 0.1) is 6.54 Å². The summed E-state index contributed by atoms with van der Waals surface area (Å²) in [5, 5.41) is 7.89. The lowest BCUT2D eigenvalue weighted by Gasteiger charge is -2.25. The maximum Gasteiger partial charge on any atom is 0.413 e. The molecule has 0 unspecified atom stereocenters. The number of anilines is 1. The second-order valence-corrected chi connectivity index (χ2v) is 9.18. The zero-order valence-electron chi connectivity index (χ0n) is 20.0. The Morgan fingerprint density at radius 3 is 2.40 bits per heavy atom. The molecule has 7 heteroatoms. The summed E-state index contributed by atoms with van der Waals surface area (Å²) < 4.78 is 13.5. The van der Waals surface area contributed by atoms with Gasteiger partial charge in [-0.3, -0.25) is 10.00 Å². The van der Waals surface area contributed by atoms with Gasteiger partial charge in [-0.05, 0) is 50.1 Å². The number of aromatic nitrogens is 2. The summed E-state index contributed by atoms with van der Waals surface area (Å²) in [5.41, 5.74) is 2.96. The van der Waals surface area contributed by atoms with Gasteiger partial charge in [-0.2, -0.15) is 5.10 Å². The molecular weight excluding hydrogens is 462 g/mol. The molecule has 0 aliphatic carbocycles. The summed E-state index contributed by atoms with van der Waals surface area (Å²) in [4.78, 5) is 12.6. The van der Waals surface area contributed by atoms with Crippen molar-refractivity contribution in [2.45, 2.75) is 39.5 Å². The molecule has 0 spiro atoms. The van der Waals surface area contributed by atoms with Crippen LogP contribution in [0.15, 0.2) is 84.9 Å². The maximum atomic E-state index is 12.6. The third-order valence-electron chi connectivity index (χ3n) is 5.61. The Labute approximate surface area is 210 Å². The minimum Gasteiger partial charge on any atom is -0.489 e. The van der Waals surface area contributed by atoms with Gasteiger partial charge in [0, 0.05) is 22.3 Å². The first-order valence-corrected chi connectivity index (χ1v) is 11.7. The molecule has 1 heterocycles. The number of aryl methyl sites for hydroxylation is 1. The van der Waals surface area contributed by atoms with E-state index in [2.05, 4.69) is 10.4 Å². The Morgan fingerprint density at radius 2 is 1.69 bits per heavy atom. The van der Waals surface area contributed by atoms with Gasteiger partial charge in [0.25, 0.3) is 0 Å². The van der Waals surface area contributed by atoms with Gasteiger partial charge in [-0.1, -0.05) is 72.3 Å². The molecular formula is C28H28ClN3O3. The minimum atomic E-state index is -0.783. The van der Waals surface area contributed by atoms with Gasteiger partial charge in [0.1, 0.15) is 18.0 Å². The van der Waals surface area contributed by atoms with Crippen LogP contribution in [-0.2, 0) is 23.5 Å². The van der Waals surface area contributed by atoms with Gasteiger partial charge >= 0.3 is 6.09 Å². The highest BCUT2D eigenvalue weighted by Gasteiger charge is 2.25. The van der Waals surface area contributed by atoms with Crippen molar-refractivity contribution in [3.63, 3.8) is 0 Å². The molecule has 0 radical (unpaired) electrons. The molecule has 1 amide bonds. The molecule has 180 valence electrons. The number of ether oxygens (including phenoxy) is 2. The highest BCUT2D eigenvalue weighted by Crippen LogP contribution is 2.27. The van der Waals surface area contributed by atoms with E-state index in [1.54, 1.807) is 16.8 Å². The largest absolute Gasteiger partial charge is 0.489 e. The predicted molar refractivity (Wildman–Crippen MR) is 138 cm³/mol. The maximum absolute atomic E-state index is 12.6. The first-order valence-electron chi connectivity index (χ1n) is 11.4. The number of amides is 1. The molecule has 0 atom stereocenters. The van der Waals surface area contributed by atoms with E-state index in [4.69, 9.17) is 21.1 Å². The Balaban J connectivity index is 1.44. The van der Waals surface area contributed by atoms with Gasteiger partial charge in [0.15, 0.2) is 5.82 Å². The molecule has 4 aromatic rings. The van der Waals surface area contributed by atoms with Gasteiger partial charge in [-0.15, -0.1) is 0 Å². The van der Waals surface area contributed by atoms with Crippen molar-refractivity contribution in [2.24, 2.45) is 0 Å². The Hall–Kier alpha value is -3.77. The number of nitrogens with zero attached hydrogens (tertiary/aromatic N) is 2. The zero-order valence-corrected chi connectivity index (χ0v) is 20.8. The van der Waals surface area contributed by atoms with Crippen molar-refractivity contribution in [3.8, 4) is 5.75 Å². The van der Waals surface area contributed by atoms with Crippen LogP contribution in [-0.4, -0.2) is 15.9 Å². The number of hydrogen-bond acceptors (Lipinski definition) is 4. The molecule has 0 saturated heterocycles. The van der Waals surface area contributed by atoms with E-state index in [0.29, 0.717) is 24.0 Å². The lowest BCUT2D eigenvalue weighted by Crippen LogP contribution is -2.28. The lowest BCUT2D eigenvalue weighted by atomic mass is 9.98. The average Bonchev–Trinajstić information content (AvgIpc) is 3.17. The Morgan fingerprint density at radius 1 is 1.00 bits per heavy atom. The molecule has 1 N–H and O–H groups in total. The average molecular weight is 490 g/mol. The standard InChI is InChI=1S/C28H28ClN3O3/c1-20-16-26(30-27(33)35-28(2,3)23-12-8-5-9-13-23)31-32(20)18-22-17-24(29)14-15-25(22)34-19-21-10-6-4-7-11-21/h4-17H,18-19H2,1-3H3,(H,30,31,33). The number of benzene rings is 3. The third-order valence-corrected chi connectivity index (χ3v) is 5.84. The van der Waals surface area contributed by atoms with Crippen molar-refractivity contribution in [1.82, 2.24) is 9.78 Å². The summed E-state index contributed by atoms with van der Waals surface area (Å²) in [7, 11) is 0. The zero-order chi connectivity index (χ0) is 24.8. The summed E-state index contributed by atoms with van der Waals surface area (Å²) >= 11 is 6.27. The fourth-order valence-corrected chi connectivity index (χ4v) is 3.90. The van der Waals surface area contributed by atoms with Crippen LogP contribution < -0.4 is 10.1 Å². The van der Waals surface area contributed by atoms with E-state index in [1.165, 1.54) is 0 Å². The monoisotopic (exact) mass is 489 g/mol. The van der Waals surface area contributed by atoms with Crippen molar-refractivity contribution >= 4 is 23.5 Å².